The van der Waals surface area contributed by atoms with Gasteiger partial charge < -0.3 is 4.74 Å². The highest BCUT2D eigenvalue weighted by atomic mass is 16.5. The molecule has 0 spiro atoms. The van der Waals surface area contributed by atoms with Crippen molar-refractivity contribution in [1.82, 2.24) is 0 Å². The summed E-state index contributed by atoms with van der Waals surface area (Å²) in [6.45, 7) is 5.42. The first-order valence-corrected chi connectivity index (χ1v) is 12.1. The second-order valence-electron chi connectivity index (χ2n) is 8.92. The van der Waals surface area contributed by atoms with E-state index in [-0.39, 0.29) is 0 Å². The molecule has 0 atom stereocenters. The molecule has 158 valence electrons. The van der Waals surface area contributed by atoms with Gasteiger partial charge in [0.15, 0.2) is 0 Å². The van der Waals surface area contributed by atoms with Gasteiger partial charge in [-0.15, -0.1) is 0 Å². The number of ether oxygens (including phenoxy) is 1. The van der Waals surface area contributed by atoms with E-state index in [2.05, 4.69) is 62.4 Å². The number of rotatable bonds is 11. The average molecular weight is 393 g/mol. The Labute approximate surface area is 178 Å². The number of benzene rings is 2. The third kappa shape index (κ3) is 7.21. The van der Waals surface area contributed by atoms with Gasteiger partial charge in [-0.2, -0.15) is 0 Å². The summed E-state index contributed by atoms with van der Waals surface area (Å²) in [6.07, 6.45) is 14.2. The van der Waals surface area contributed by atoms with Gasteiger partial charge in [0, 0.05) is 0 Å². The van der Waals surface area contributed by atoms with Crippen molar-refractivity contribution in [1.29, 1.82) is 0 Å². The van der Waals surface area contributed by atoms with E-state index < -0.39 is 0 Å². The SMILES string of the molecule is CCCCCCOc1ccc(CCc2ccc([C@H]3CC[C@H](CC)CC3)cc2)cc1. The van der Waals surface area contributed by atoms with Crippen LogP contribution in [0.25, 0.3) is 0 Å². The van der Waals surface area contributed by atoms with Gasteiger partial charge in [0.1, 0.15) is 5.75 Å². The van der Waals surface area contributed by atoms with Crippen LogP contribution >= 0.6 is 0 Å². The van der Waals surface area contributed by atoms with Crippen molar-refractivity contribution in [3.05, 3.63) is 65.2 Å². The summed E-state index contributed by atoms with van der Waals surface area (Å²) < 4.78 is 5.85. The van der Waals surface area contributed by atoms with Crippen LogP contribution in [-0.2, 0) is 12.8 Å². The minimum atomic E-state index is 0.793. The van der Waals surface area contributed by atoms with Crippen LogP contribution in [0.4, 0.5) is 0 Å². The Kier molecular flexibility index (Phi) is 9.12. The van der Waals surface area contributed by atoms with Crippen LogP contribution in [0, 0.1) is 5.92 Å². The molecule has 0 aliphatic heterocycles. The predicted octanol–water partition coefficient (Wildman–Crippen LogP) is 8.11. The summed E-state index contributed by atoms with van der Waals surface area (Å²) in [6, 6.07) is 18.2. The third-order valence-electron chi connectivity index (χ3n) is 6.77. The Morgan fingerprint density at radius 1 is 0.724 bits per heavy atom. The van der Waals surface area contributed by atoms with E-state index in [0.29, 0.717) is 0 Å². The maximum atomic E-state index is 5.85. The molecule has 0 heterocycles. The molecule has 0 aromatic heterocycles. The zero-order chi connectivity index (χ0) is 20.3. The highest BCUT2D eigenvalue weighted by molar-refractivity contribution is 5.30. The Bertz CT molecular complexity index is 677. The molecule has 1 fully saturated rings. The van der Waals surface area contributed by atoms with Gasteiger partial charge in [0.2, 0.25) is 0 Å². The highest BCUT2D eigenvalue weighted by Gasteiger charge is 2.20. The molecule has 3 rings (SSSR count). The molecule has 0 amide bonds. The van der Waals surface area contributed by atoms with Gasteiger partial charge in [-0.3, -0.25) is 0 Å². The first kappa shape index (κ1) is 21.9. The standard InChI is InChI=1S/C28H40O/c1-3-5-6-7-22-29-28-20-14-25(15-21-28)9-8-24-12-18-27(19-13-24)26-16-10-23(4-2)11-17-26/h12-15,18-21,23,26H,3-11,16-17,22H2,1-2H3/t23-,26-. The van der Waals surface area contributed by atoms with Crippen LogP contribution < -0.4 is 4.74 Å². The molecule has 0 N–H and O–H groups in total. The highest BCUT2D eigenvalue weighted by Crippen LogP contribution is 2.36. The summed E-state index contributed by atoms with van der Waals surface area (Å²) in [5.74, 6) is 2.78. The zero-order valence-electron chi connectivity index (χ0n) is 18.7. The molecule has 0 radical (unpaired) electrons. The molecule has 1 heteroatoms. The van der Waals surface area contributed by atoms with Gasteiger partial charge in [-0.05, 0) is 85.6 Å². The number of unbranched alkanes of at least 4 members (excludes halogenated alkanes) is 3. The van der Waals surface area contributed by atoms with Crippen molar-refractivity contribution < 1.29 is 4.74 Å². The summed E-state index contributed by atoms with van der Waals surface area (Å²) >= 11 is 0. The van der Waals surface area contributed by atoms with E-state index in [0.717, 1.165) is 43.5 Å². The smallest absolute Gasteiger partial charge is 0.119 e. The molecule has 1 saturated carbocycles. The second-order valence-corrected chi connectivity index (χ2v) is 8.92. The maximum absolute atomic E-state index is 5.85. The van der Waals surface area contributed by atoms with Crippen molar-refractivity contribution in [3.8, 4) is 5.75 Å². The maximum Gasteiger partial charge on any atom is 0.119 e. The molecule has 1 aliphatic rings. The molecule has 1 aliphatic carbocycles. The number of aryl methyl sites for hydroxylation is 2. The quantitative estimate of drug-likeness (QED) is 0.351. The van der Waals surface area contributed by atoms with Crippen molar-refractivity contribution in [2.45, 2.75) is 90.4 Å². The summed E-state index contributed by atoms with van der Waals surface area (Å²) in [7, 11) is 0. The number of hydrogen-bond donors (Lipinski definition) is 0. The van der Waals surface area contributed by atoms with E-state index in [1.54, 1.807) is 5.56 Å². The summed E-state index contributed by atoms with van der Waals surface area (Å²) in [4.78, 5) is 0. The lowest BCUT2D eigenvalue weighted by Gasteiger charge is -2.28. The van der Waals surface area contributed by atoms with E-state index in [1.165, 1.54) is 62.5 Å². The van der Waals surface area contributed by atoms with Crippen LogP contribution in [0.1, 0.15) is 94.2 Å². The lowest BCUT2D eigenvalue weighted by Crippen LogP contribution is -2.12. The second kappa shape index (κ2) is 12.1. The predicted molar refractivity (Wildman–Crippen MR) is 125 cm³/mol. The topological polar surface area (TPSA) is 9.23 Å². The van der Waals surface area contributed by atoms with E-state index >= 15 is 0 Å². The zero-order valence-corrected chi connectivity index (χ0v) is 18.7. The largest absolute Gasteiger partial charge is 0.494 e. The molecular formula is C28H40O. The van der Waals surface area contributed by atoms with Gasteiger partial charge in [-0.1, -0.05) is 75.9 Å². The fourth-order valence-corrected chi connectivity index (χ4v) is 4.62. The normalized spacial score (nSPS) is 19.2. The Balaban J connectivity index is 1.40. The van der Waals surface area contributed by atoms with Gasteiger partial charge >= 0.3 is 0 Å². The van der Waals surface area contributed by atoms with Crippen LogP contribution in [0.3, 0.4) is 0 Å². The lowest BCUT2D eigenvalue weighted by molar-refractivity contribution is 0.305. The van der Waals surface area contributed by atoms with Crippen LogP contribution in [0.15, 0.2) is 48.5 Å². The van der Waals surface area contributed by atoms with Gasteiger partial charge in [-0.25, -0.2) is 0 Å². The van der Waals surface area contributed by atoms with Crippen molar-refractivity contribution in [2.24, 2.45) is 5.92 Å². The van der Waals surface area contributed by atoms with Crippen LogP contribution in [-0.4, -0.2) is 6.61 Å². The molecule has 1 nitrogen and oxygen atoms in total. The van der Waals surface area contributed by atoms with E-state index in [1.807, 2.05) is 0 Å². The summed E-state index contributed by atoms with van der Waals surface area (Å²) in [5, 5.41) is 0. The Morgan fingerprint density at radius 2 is 1.34 bits per heavy atom. The minimum Gasteiger partial charge on any atom is -0.494 e. The van der Waals surface area contributed by atoms with Gasteiger partial charge in [0.05, 0.1) is 6.61 Å². The van der Waals surface area contributed by atoms with Gasteiger partial charge in [0.25, 0.3) is 0 Å². The molecular weight excluding hydrogens is 352 g/mol. The van der Waals surface area contributed by atoms with Crippen LogP contribution in [0.2, 0.25) is 0 Å². The molecule has 0 unspecified atom stereocenters. The monoisotopic (exact) mass is 392 g/mol. The molecule has 0 saturated heterocycles. The molecule has 29 heavy (non-hydrogen) atoms. The first-order chi connectivity index (χ1) is 14.3. The Hall–Kier alpha value is -1.76. The van der Waals surface area contributed by atoms with E-state index in [9.17, 15) is 0 Å². The fraction of sp³-hybridized carbons (Fsp3) is 0.571. The third-order valence-corrected chi connectivity index (χ3v) is 6.77. The number of hydrogen-bond acceptors (Lipinski definition) is 1. The van der Waals surface area contributed by atoms with Crippen molar-refractivity contribution >= 4 is 0 Å². The molecule has 2 aromatic carbocycles. The molecule has 0 bridgehead atoms. The molecule has 2 aromatic rings. The lowest BCUT2D eigenvalue weighted by atomic mass is 9.78. The minimum absolute atomic E-state index is 0.793. The van der Waals surface area contributed by atoms with Crippen molar-refractivity contribution in [2.75, 3.05) is 6.61 Å². The average Bonchev–Trinajstić information content (AvgIpc) is 2.79. The Morgan fingerprint density at radius 3 is 1.93 bits per heavy atom. The first-order valence-electron chi connectivity index (χ1n) is 12.1. The van der Waals surface area contributed by atoms with Crippen molar-refractivity contribution in [3.63, 3.8) is 0 Å². The van der Waals surface area contributed by atoms with Crippen LogP contribution in [0.5, 0.6) is 5.75 Å². The fourth-order valence-electron chi connectivity index (χ4n) is 4.62. The summed E-state index contributed by atoms with van der Waals surface area (Å²) in [5.41, 5.74) is 4.40. The van der Waals surface area contributed by atoms with E-state index in [4.69, 9.17) is 4.74 Å².